The molecule has 1 N–H and O–H groups in total. The topological polar surface area (TPSA) is 100 Å². The van der Waals surface area contributed by atoms with Crippen LogP contribution < -0.4 is 5.32 Å². The summed E-state index contributed by atoms with van der Waals surface area (Å²) in [6.07, 6.45) is 0.486. The molecule has 128 valence electrons. The van der Waals surface area contributed by atoms with Crippen molar-refractivity contribution in [3.8, 4) is 0 Å². The van der Waals surface area contributed by atoms with Crippen LogP contribution in [0.3, 0.4) is 0 Å². The summed E-state index contributed by atoms with van der Waals surface area (Å²) in [5, 5.41) is 2.84. The zero-order chi connectivity index (χ0) is 17.1. The van der Waals surface area contributed by atoms with Gasteiger partial charge in [-0.05, 0) is 13.8 Å². The van der Waals surface area contributed by atoms with E-state index in [9.17, 15) is 4.79 Å². The molecule has 2 aromatic rings. The molecular formula is C14H16ClN5O4. The van der Waals surface area contributed by atoms with E-state index in [0.29, 0.717) is 11.2 Å². The molecule has 24 heavy (non-hydrogen) atoms. The zero-order valence-corrected chi connectivity index (χ0v) is 14.0. The molecule has 10 heteroatoms. The molecule has 2 aliphatic heterocycles. The van der Waals surface area contributed by atoms with Crippen LogP contribution in [0.5, 0.6) is 0 Å². The third-order valence-corrected chi connectivity index (χ3v) is 4.40. The van der Waals surface area contributed by atoms with Crippen molar-refractivity contribution >= 4 is 28.7 Å². The second kappa shape index (κ2) is 5.35. The van der Waals surface area contributed by atoms with Gasteiger partial charge in [0.15, 0.2) is 28.9 Å². The normalized spacial score (nSPS) is 31.3. The van der Waals surface area contributed by atoms with Crippen LogP contribution in [-0.2, 0) is 19.0 Å². The Bertz CT molecular complexity index is 810. The third-order valence-electron chi connectivity index (χ3n) is 4.12. The van der Waals surface area contributed by atoms with Crippen molar-refractivity contribution in [3.05, 3.63) is 17.8 Å². The van der Waals surface area contributed by atoms with Crippen molar-refractivity contribution in [2.24, 2.45) is 0 Å². The van der Waals surface area contributed by atoms with Gasteiger partial charge in [-0.2, -0.15) is 0 Å². The first-order valence-corrected chi connectivity index (χ1v) is 7.85. The van der Waals surface area contributed by atoms with Gasteiger partial charge in [-0.25, -0.2) is 15.0 Å². The number of hydrogen-bond acceptors (Lipinski definition) is 7. The molecule has 0 radical (unpaired) electrons. The summed E-state index contributed by atoms with van der Waals surface area (Å²) in [4.78, 5) is 24.5. The molecule has 0 bridgehead atoms. The van der Waals surface area contributed by atoms with E-state index in [1.165, 1.54) is 6.33 Å². The van der Waals surface area contributed by atoms with Crippen LogP contribution in [0.25, 0.3) is 11.2 Å². The Balaban J connectivity index is 1.77. The van der Waals surface area contributed by atoms with Crippen LogP contribution in [-0.4, -0.2) is 56.6 Å². The maximum atomic E-state index is 12.2. The maximum absolute atomic E-state index is 12.2. The number of carbonyl (C=O) groups excluding carboxylic acids is 1. The molecule has 0 spiro atoms. The van der Waals surface area contributed by atoms with E-state index in [2.05, 4.69) is 20.3 Å². The lowest BCUT2D eigenvalue weighted by Crippen LogP contribution is -2.41. The number of amides is 1. The molecule has 4 heterocycles. The fourth-order valence-electron chi connectivity index (χ4n) is 3.16. The summed E-state index contributed by atoms with van der Waals surface area (Å²) in [7, 11) is 1.55. The molecule has 0 saturated carbocycles. The highest BCUT2D eigenvalue weighted by Gasteiger charge is 2.58. The van der Waals surface area contributed by atoms with Gasteiger partial charge in [0, 0.05) is 7.05 Å². The fraction of sp³-hybridized carbons (Fsp3) is 0.571. The predicted octanol–water partition coefficient (Wildman–Crippen LogP) is 0.643. The molecular weight excluding hydrogens is 338 g/mol. The van der Waals surface area contributed by atoms with E-state index in [1.54, 1.807) is 31.8 Å². The van der Waals surface area contributed by atoms with Crippen LogP contribution in [0.4, 0.5) is 0 Å². The number of nitrogens with one attached hydrogen (secondary N) is 1. The summed E-state index contributed by atoms with van der Waals surface area (Å²) in [5.41, 5.74) is 0.963. The highest BCUT2D eigenvalue weighted by molar-refractivity contribution is 6.33. The Morgan fingerprint density at radius 3 is 2.79 bits per heavy atom. The lowest BCUT2D eigenvalue weighted by molar-refractivity contribution is -0.197. The van der Waals surface area contributed by atoms with E-state index in [-0.39, 0.29) is 11.1 Å². The van der Waals surface area contributed by atoms with E-state index in [4.69, 9.17) is 25.8 Å². The van der Waals surface area contributed by atoms with Crippen LogP contribution in [0.2, 0.25) is 5.15 Å². The summed E-state index contributed by atoms with van der Waals surface area (Å²) in [6.45, 7) is 3.60. The minimum Gasteiger partial charge on any atom is -0.357 e. The summed E-state index contributed by atoms with van der Waals surface area (Å²) in [6, 6.07) is 0. The molecule has 2 saturated heterocycles. The maximum Gasteiger partial charge on any atom is 0.251 e. The molecule has 0 aliphatic carbocycles. The Kier molecular flexibility index (Phi) is 3.50. The number of ether oxygens (including phenoxy) is 3. The van der Waals surface area contributed by atoms with Crippen LogP contribution in [0, 0.1) is 0 Å². The first-order chi connectivity index (χ1) is 11.4. The van der Waals surface area contributed by atoms with E-state index in [0.717, 1.165) is 0 Å². The fourth-order valence-corrected chi connectivity index (χ4v) is 3.34. The molecule has 1 amide bonds. The van der Waals surface area contributed by atoms with Gasteiger partial charge in [0.1, 0.15) is 24.1 Å². The Morgan fingerprint density at radius 2 is 2.04 bits per heavy atom. The molecule has 4 rings (SSSR count). The van der Waals surface area contributed by atoms with Gasteiger partial charge < -0.3 is 19.5 Å². The van der Waals surface area contributed by atoms with Crippen molar-refractivity contribution in [2.75, 3.05) is 7.05 Å². The van der Waals surface area contributed by atoms with Gasteiger partial charge in [0.25, 0.3) is 5.91 Å². The second-order valence-corrected chi connectivity index (χ2v) is 6.47. The van der Waals surface area contributed by atoms with Gasteiger partial charge >= 0.3 is 0 Å². The lowest BCUT2D eigenvalue weighted by Gasteiger charge is -2.24. The molecule has 9 nitrogen and oxygen atoms in total. The highest BCUT2D eigenvalue weighted by atomic mass is 35.5. The van der Waals surface area contributed by atoms with Crippen molar-refractivity contribution < 1.29 is 19.0 Å². The SMILES string of the molecule is CNC(=O)[C@@H]1O[C@H](n2cnc3c(Cl)ncnc32)[C@H]2OC(C)(C)O[C@H]21. The van der Waals surface area contributed by atoms with Crippen molar-refractivity contribution in [1.29, 1.82) is 0 Å². The minimum absolute atomic E-state index is 0.250. The number of carbonyl (C=O) groups is 1. The Hall–Kier alpha value is -1.81. The van der Waals surface area contributed by atoms with Crippen LogP contribution in [0.15, 0.2) is 12.7 Å². The average Bonchev–Trinajstić information content (AvgIpc) is 3.18. The average molecular weight is 354 g/mol. The number of nitrogens with zero attached hydrogens (tertiary/aromatic N) is 4. The molecule has 2 aliphatic rings. The molecule has 2 aromatic heterocycles. The first kappa shape index (κ1) is 15.7. The van der Waals surface area contributed by atoms with Crippen LogP contribution in [0.1, 0.15) is 20.1 Å². The van der Waals surface area contributed by atoms with Crippen LogP contribution >= 0.6 is 11.6 Å². The smallest absolute Gasteiger partial charge is 0.251 e. The minimum atomic E-state index is -0.813. The monoisotopic (exact) mass is 353 g/mol. The number of hydrogen-bond donors (Lipinski definition) is 1. The number of rotatable bonds is 2. The number of aromatic nitrogens is 4. The largest absolute Gasteiger partial charge is 0.357 e. The number of fused-ring (bicyclic) bond motifs is 2. The van der Waals surface area contributed by atoms with Gasteiger partial charge in [-0.15, -0.1) is 0 Å². The quantitative estimate of drug-likeness (QED) is 0.791. The van der Waals surface area contributed by atoms with Gasteiger partial charge in [-0.3, -0.25) is 9.36 Å². The van der Waals surface area contributed by atoms with E-state index in [1.807, 2.05) is 0 Å². The molecule has 0 aromatic carbocycles. The molecule has 0 unspecified atom stereocenters. The predicted molar refractivity (Wildman–Crippen MR) is 82.1 cm³/mol. The van der Waals surface area contributed by atoms with Crippen molar-refractivity contribution in [2.45, 2.75) is 44.2 Å². The zero-order valence-electron chi connectivity index (χ0n) is 13.3. The number of halogens is 1. The molecule has 2 fully saturated rings. The Labute approximate surface area is 142 Å². The van der Waals surface area contributed by atoms with Gasteiger partial charge in [0.2, 0.25) is 0 Å². The standard InChI is InChI=1S/C14H16ClN5O4/c1-14(2)23-7-8(12(21)16-3)22-13(9(7)24-14)20-5-19-6-10(15)17-4-18-11(6)20/h4-5,7-9,13H,1-3H3,(H,16,21)/t7-,8+,9-,13-/m0/s1. The summed E-state index contributed by atoms with van der Waals surface area (Å²) in [5.74, 6) is -1.09. The van der Waals surface area contributed by atoms with E-state index < -0.39 is 30.3 Å². The van der Waals surface area contributed by atoms with Crippen molar-refractivity contribution in [3.63, 3.8) is 0 Å². The second-order valence-electron chi connectivity index (χ2n) is 6.11. The molecule has 4 atom stereocenters. The lowest BCUT2D eigenvalue weighted by atomic mass is 10.1. The van der Waals surface area contributed by atoms with E-state index >= 15 is 0 Å². The van der Waals surface area contributed by atoms with Crippen molar-refractivity contribution in [1.82, 2.24) is 24.8 Å². The summed E-state index contributed by atoms with van der Waals surface area (Å²) >= 11 is 6.05. The highest BCUT2D eigenvalue weighted by Crippen LogP contribution is 2.43. The van der Waals surface area contributed by atoms with Gasteiger partial charge in [-0.1, -0.05) is 11.6 Å². The summed E-state index contributed by atoms with van der Waals surface area (Å²) < 4.78 is 19.4. The van der Waals surface area contributed by atoms with Gasteiger partial charge in [0.05, 0.1) is 6.33 Å². The third kappa shape index (κ3) is 2.27. The number of likely N-dealkylation sites (N-methyl/N-ethyl adjacent to an activating group) is 1. The Morgan fingerprint density at radius 1 is 1.29 bits per heavy atom. The first-order valence-electron chi connectivity index (χ1n) is 7.47. The number of imidazole rings is 1.